The zero-order valence-electron chi connectivity index (χ0n) is 11.2. The summed E-state index contributed by atoms with van der Waals surface area (Å²) in [7, 11) is 1.55. The minimum atomic E-state index is -1.14. The van der Waals surface area contributed by atoms with Crippen molar-refractivity contribution < 1.29 is 21.7 Å². The summed E-state index contributed by atoms with van der Waals surface area (Å²) in [6, 6.07) is 0. The molecule has 0 unspecified atom stereocenters. The smallest absolute Gasteiger partial charge is 0.358 e. The van der Waals surface area contributed by atoms with E-state index in [2.05, 4.69) is 38.1 Å². The SMILES string of the molecule is CC1C(C)C(C)C(C)C1C.C[N]=[Mo+2]=[O].[CH3-]. The zero-order chi connectivity index (χ0) is 11.3. The van der Waals surface area contributed by atoms with Crippen molar-refractivity contribution >= 4 is 0 Å². The summed E-state index contributed by atoms with van der Waals surface area (Å²) in [5.41, 5.74) is 0. The van der Waals surface area contributed by atoms with Crippen LogP contribution in [0.2, 0.25) is 0 Å². The first-order chi connectivity index (χ1) is 6.47. The fourth-order valence-corrected chi connectivity index (χ4v) is 2.39. The van der Waals surface area contributed by atoms with Crippen LogP contribution in [0.15, 0.2) is 3.50 Å². The van der Waals surface area contributed by atoms with Gasteiger partial charge in [-0.05, 0) is 29.6 Å². The van der Waals surface area contributed by atoms with Crippen LogP contribution in [0.5, 0.6) is 0 Å². The van der Waals surface area contributed by atoms with Gasteiger partial charge < -0.3 is 7.43 Å². The molecule has 0 heterocycles. The molecule has 1 fully saturated rings. The van der Waals surface area contributed by atoms with Crippen LogP contribution < -0.4 is 0 Å². The first kappa shape index (κ1) is 17.7. The predicted molar refractivity (Wildman–Crippen MR) is 61.3 cm³/mol. The summed E-state index contributed by atoms with van der Waals surface area (Å²) in [5.74, 6) is 4.68. The van der Waals surface area contributed by atoms with Crippen molar-refractivity contribution in [2.45, 2.75) is 34.6 Å². The van der Waals surface area contributed by atoms with Crippen LogP contribution in [0.3, 0.4) is 0 Å². The van der Waals surface area contributed by atoms with Crippen LogP contribution >= 0.6 is 0 Å². The first-order valence-corrected chi connectivity index (χ1v) is 7.07. The molecule has 0 amide bonds. The van der Waals surface area contributed by atoms with Crippen molar-refractivity contribution in [1.29, 1.82) is 0 Å². The second-order valence-corrected chi connectivity index (χ2v) is 5.82. The van der Waals surface area contributed by atoms with Crippen molar-refractivity contribution in [2.24, 2.45) is 33.1 Å². The molecular formula is C12H26MoNO+. The third-order valence-electron chi connectivity index (χ3n) is 4.22. The van der Waals surface area contributed by atoms with Crippen LogP contribution in [-0.4, -0.2) is 7.05 Å². The Morgan fingerprint density at radius 3 is 1.00 bits per heavy atom. The van der Waals surface area contributed by atoms with Gasteiger partial charge >= 0.3 is 32.3 Å². The van der Waals surface area contributed by atoms with Crippen LogP contribution in [0.1, 0.15) is 34.6 Å². The Balaban J connectivity index is 0. The van der Waals surface area contributed by atoms with Gasteiger partial charge in [0.1, 0.15) is 0 Å². The van der Waals surface area contributed by atoms with Crippen molar-refractivity contribution in [3.05, 3.63) is 7.43 Å². The van der Waals surface area contributed by atoms with Gasteiger partial charge in [-0.3, -0.25) is 0 Å². The van der Waals surface area contributed by atoms with Gasteiger partial charge in [0, 0.05) is 0 Å². The molecule has 0 radical (unpaired) electrons. The monoisotopic (exact) mass is 298 g/mol. The van der Waals surface area contributed by atoms with Crippen LogP contribution in [0, 0.1) is 37.0 Å². The minimum absolute atomic E-state index is 0. The molecule has 0 aromatic rings. The molecule has 1 rings (SSSR count). The third kappa shape index (κ3) is 4.76. The number of hydrogen-bond donors (Lipinski definition) is 0. The topological polar surface area (TPSA) is 29.4 Å². The van der Waals surface area contributed by atoms with E-state index < -0.39 is 18.3 Å². The third-order valence-corrected chi connectivity index (χ3v) is 4.59. The van der Waals surface area contributed by atoms with Gasteiger partial charge in [-0.1, -0.05) is 34.6 Å². The van der Waals surface area contributed by atoms with Crippen LogP contribution in [0.4, 0.5) is 0 Å². The zero-order valence-corrected chi connectivity index (χ0v) is 13.2. The quantitative estimate of drug-likeness (QED) is 0.493. The summed E-state index contributed by atoms with van der Waals surface area (Å²) in [5, 5.41) is 0. The van der Waals surface area contributed by atoms with Crippen molar-refractivity contribution in [3.63, 3.8) is 0 Å². The van der Waals surface area contributed by atoms with Crippen LogP contribution in [0.25, 0.3) is 0 Å². The maximum atomic E-state index is 9.26. The summed E-state index contributed by atoms with van der Waals surface area (Å²) in [6.45, 7) is 12.0. The van der Waals surface area contributed by atoms with E-state index in [1.807, 2.05) is 0 Å². The molecule has 1 saturated carbocycles. The Bertz CT molecular complexity index is 169. The van der Waals surface area contributed by atoms with E-state index >= 15 is 0 Å². The Morgan fingerprint density at radius 2 is 0.933 bits per heavy atom. The molecule has 15 heavy (non-hydrogen) atoms. The number of nitrogens with zero attached hydrogens (tertiary/aromatic N) is 1. The molecule has 1 aliphatic rings. The largest absolute Gasteiger partial charge is 0.358 e. The fourth-order valence-electron chi connectivity index (χ4n) is 2.39. The Kier molecular flexibility index (Phi) is 9.95. The van der Waals surface area contributed by atoms with E-state index in [9.17, 15) is 3.40 Å². The fraction of sp³-hybridized carbons (Fsp3) is 0.917. The van der Waals surface area contributed by atoms with E-state index in [0.717, 1.165) is 29.6 Å². The summed E-state index contributed by atoms with van der Waals surface area (Å²) < 4.78 is 12.6. The Hall–Kier alpha value is 0.288. The number of hydrogen-bond acceptors (Lipinski definition) is 2. The molecule has 3 heteroatoms. The minimum Gasteiger partial charge on any atom is -0.358 e. The molecule has 1 aliphatic carbocycles. The summed E-state index contributed by atoms with van der Waals surface area (Å²) >= 11 is -1.14. The molecule has 2 nitrogen and oxygen atoms in total. The van der Waals surface area contributed by atoms with Crippen LogP contribution in [-0.2, 0) is 21.7 Å². The van der Waals surface area contributed by atoms with E-state index in [1.165, 1.54) is 0 Å². The molecule has 0 bridgehead atoms. The number of rotatable bonds is 0. The molecule has 0 spiro atoms. The molecule has 0 aromatic heterocycles. The Morgan fingerprint density at radius 1 is 0.800 bits per heavy atom. The Labute approximate surface area is 104 Å². The van der Waals surface area contributed by atoms with Crippen molar-refractivity contribution in [3.8, 4) is 0 Å². The molecule has 0 N–H and O–H groups in total. The average Bonchev–Trinajstić information content (AvgIpc) is 2.37. The van der Waals surface area contributed by atoms with Gasteiger partial charge in [0.05, 0.1) is 0 Å². The van der Waals surface area contributed by atoms with Gasteiger partial charge in [-0.25, -0.2) is 0 Å². The van der Waals surface area contributed by atoms with Crippen molar-refractivity contribution in [2.75, 3.05) is 7.05 Å². The molecule has 0 aromatic carbocycles. The van der Waals surface area contributed by atoms with Gasteiger partial charge in [-0.15, -0.1) is 0 Å². The second kappa shape index (κ2) is 8.44. The summed E-state index contributed by atoms with van der Waals surface area (Å²) in [4.78, 5) is 0. The van der Waals surface area contributed by atoms with E-state index in [-0.39, 0.29) is 7.43 Å². The average molecular weight is 296 g/mol. The maximum absolute atomic E-state index is 9.26. The second-order valence-electron chi connectivity index (χ2n) is 4.55. The molecule has 0 aliphatic heterocycles. The predicted octanol–water partition coefficient (Wildman–Crippen LogP) is 3.86. The summed E-state index contributed by atoms with van der Waals surface area (Å²) in [6.07, 6.45) is 0. The van der Waals surface area contributed by atoms with E-state index in [1.54, 1.807) is 7.05 Å². The first-order valence-electron chi connectivity index (χ1n) is 5.35. The van der Waals surface area contributed by atoms with Crippen molar-refractivity contribution in [1.82, 2.24) is 0 Å². The maximum Gasteiger partial charge on any atom is -0.358 e. The standard InChI is InChI=1S/C10H20.CH3N.CH3.Mo.O/c1-6-7(2)9(4)10(5)8(6)3;1-2;;;/h6-10H,1-5H3;1H3;1H3;;/q;;-1;+2;. The molecule has 0 atom stereocenters. The molecular weight excluding hydrogens is 270 g/mol. The molecule has 0 saturated heterocycles. The normalized spacial score (nSPS) is 38.1. The van der Waals surface area contributed by atoms with E-state index in [4.69, 9.17) is 0 Å². The van der Waals surface area contributed by atoms with Gasteiger partial charge in [0.15, 0.2) is 0 Å². The molecule has 90 valence electrons. The van der Waals surface area contributed by atoms with Gasteiger partial charge in [-0.2, -0.15) is 0 Å². The van der Waals surface area contributed by atoms with E-state index in [0.29, 0.717) is 0 Å². The van der Waals surface area contributed by atoms with Gasteiger partial charge in [0.2, 0.25) is 0 Å². The van der Waals surface area contributed by atoms with Gasteiger partial charge in [0.25, 0.3) is 0 Å².